The molecule has 0 atom stereocenters. The highest BCUT2D eigenvalue weighted by Crippen LogP contribution is 2.30. The van der Waals surface area contributed by atoms with Crippen LogP contribution in [0.25, 0.3) is 0 Å². The molecule has 0 unspecified atom stereocenters. The van der Waals surface area contributed by atoms with Crippen molar-refractivity contribution in [1.29, 1.82) is 0 Å². The third-order valence-corrected chi connectivity index (χ3v) is 2.37. The molecule has 0 radical (unpaired) electrons. The van der Waals surface area contributed by atoms with Gasteiger partial charge in [-0.2, -0.15) is 0 Å². The molecule has 0 aliphatic heterocycles. The van der Waals surface area contributed by atoms with E-state index in [0.29, 0.717) is 6.61 Å². The van der Waals surface area contributed by atoms with E-state index in [0.717, 1.165) is 25.7 Å². The molecular weight excluding hydrogens is 164 g/mol. The number of hydrogen-bond donors (Lipinski definition) is 0. The lowest BCUT2D eigenvalue weighted by atomic mass is 9.81. The van der Waals surface area contributed by atoms with Crippen molar-refractivity contribution in [3.63, 3.8) is 0 Å². The van der Waals surface area contributed by atoms with Crippen molar-refractivity contribution in [3.8, 4) is 0 Å². The smallest absolute Gasteiger partial charge is 0.311 e. The molecule has 2 nitrogen and oxygen atoms in total. The fourth-order valence-corrected chi connectivity index (χ4v) is 1.74. The standard InChI is InChI=1S/C11H22O2/c1-5-8-11(4,9-6-2)10(12)13-7-3/h5-9H2,1-4H3. The Bertz CT molecular complexity index is 146. The number of rotatable bonds is 6. The molecule has 0 heterocycles. The van der Waals surface area contributed by atoms with E-state index in [1.165, 1.54) is 0 Å². The van der Waals surface area contributed by atoms with Crippen LogP contribution in [0.4, 0.5) is 0 Å². The van der Waals surface area contributed by atoms with Gasteiger partial charge >= 0.3 is 5.97 Å². The van der Waals surface area contributed by atoms with Gasteiger partial charge in [0.05, 0.1) is 12.0 Å². The Morgan fingerprint density at radius 3 is 1.92 bits per heavy atom. The average molecular weight is 186 g/mol. The normalized spacial score (nSPS) is 11.4. The first-order valence-corrected chi connectivity index (χ1v) is 5.28. The van der Waals surface area contributed by atoms with Crippen molar-refractivity contribution in [2.75, 3.05) is 6.61 Å². The highest BCUT2D eigenvalue weighted by atomic mass is 16.5. The first-order chi connectivity index (χ1) is 6.10. The third-order valence-electron chi connectivity index (χ3n) is 2.37. The van der Waals surface area contributed by atoms with E-state index < -0.39 is 0 Å². The van der Waals surface area contributed by atoms with Gasteiger partial charge in [0.25, 0.3) is 0 Å². The number of carbonyl (C=O) groups excluding carboxylic acids is 1. The molecule has 0 aromatic rings. The molecule has 13 heavy (non-hydrogen) atoms. The Hall–Kier alpha value is -0.530. The highest BCUT2D eigenvalue weighted by molar-refractivity contribution is 5.76. The second-order valence-corrected chi connectivity index (χ2v) is 3.78. The largest absolute Gasteiger partial charge is 0.466 e. The molecule has 0 aliphatic rings. The lowest BCUT2D eigenvalue weighted by Gasteiger charge is -2.26. The Morgan fingerprint density at radius 1 is 1.15 bits per heavy atom. The highest BCUT2D eigenvalue weighted by Gasteiger charge is 2.32. The second-order valence-electron chi connectivity index (χ2n) is 3.78. The molecule has 0 amide bonds. The average Bonchev–Trinajstić information content (AvgIpc) is 2.05. The molecule has 2 heteroatoms. The molecule has 0 saturated heterocycles. The summed E-state index contributed by atoms with van der Waals surface area (Å²) < 4.78 is 5.07. The summed E-state index contributed by atoms with van der Waals surface area (Å²) >= 11 is 0. The van der Waals surface area contributed by atoms with E-state index in [2.05, 4.69) is 13.8 Å². The molecule has 0 bridgehead atoms. The van der Waals surface area contributed by atoms with E-state index in [-0.39, 0.29) is 11.4 Å². The molecule has 0 spiro atoms. The maximum atomic E-state index is 11.6. The van der Waals surface area contributed by atoms with Gasteiger partial charge in [0, 0.05) is 0 Å². The van der Waals surface area contributed by atoms with Crippen molar-refractivity contribution in [2.24, 2.45) is 5.41 Å². The first-order valence-electron chi connectivity index (χ1n) is 5.28. The number of esters is 1. The monoisotopic (exact) mass is 186 g/mol. The van der Waals surface area contributed by atoms with Gasteiger partial charge in [-0.25, -0.2) is 0 Å². The van der Waals surface area contributed by atoms with E-state index >= 15 is 0 Å². The number of hydrogen-bond acceptors (Lipinski definition) is 2. The summed E-state index contributed by atoms with van der Waals surface area (Å²) in [5.41, 5.74) is -0.250. The molecular formula is C11H22O2. The van der Waals surface area contributed by atoms with Crippen molar-refractivity contribution in [3.05, 3.63) is 0 Å². The van der Waals surface area contributed by atoms with Gasteiger partial charge in [0.15, 0.2) is 0 Å². The topological polar surface area (TPSA) is 26.3 Å². The summed E-state index contributed by atoms with van der Waals surface area (Å²) in [4.78, 5) is 11.6. The van der Waals surface area contributed by atoms with Crippen LogP contribution in [-0.2, 0) is 9.53 Å². The molecule has 0 rings (SSSR count). The van der Waals surface area contributed by atoms with Crippen molar-refractivity contribution < 1.29 is 9.53 Å². The summed E-state index contributed by atoms with van der Waals surface area (Å²) in [6.07, 6.45) is 3.93. The minimum Gasteiger partial charge on any atom is -0.466 e. The van der Waals surface area contributed by atoms with E-state index in [4.69, 9.17) is 4.74 Å². The fourth-order valence-electron chi connectivity index (χ4n) is 1.74. The van der Waals surface area contributed by atoms with Crippen molar-refractivity contribution in [2.45, 2.75) is 53.4 Å². The van der Waals surface area contributed by atoms with Crippen LogP contribution < -0.4 is 0 Å². The molecule has 0 N–H and O–H groups in total. The Labute approximate surface area is 81.7 Å². The molecule has 0 aliphatic carbocycles. The van der Waals surface area contributed by atoms with Crippen LogP contribution >= 0.6 is 0 Å². The van der Waals surface area contributed by atoms with Crippen LogP contribution in [0.2, 0.25) is 0 Å². The SMILES string of the molecule is CCCC(C)(CCC)C(=O)OCC. The number of carbonyl (C=O) groups is 1. The minimum absolute atomic E-state index is 0.0290. The van der Waals surface area contributed by atoms with Crippen molar-refractivity contribution >= 4 is 5.97 Å². The van der Waals surface area contributed by atoms with Crippen LogP contribution in [0.5, 0.6) is 0 Å². The third kappa shape index (κ3) is 3.79. The number of ether oxygens (including phenoxy) is 1. The molecule has 0 saturated carbocycles. The first kappa shape index (κ1) is 12.5. The van der Waals surface area contributed by atoms with Gasteiger partial charge in [-0.1, -0.05) is 26.7 Å². The summed E-state index contributed by atoms with van der Waals surface area (Å²) in [6.45, 7) is 8.57. The van der Waals surface area contributed by atoms with E-state index in [1.807, 2.05) is 13.8 Å². The zero-order chi connectivity index (χ0) is 10.3. The molecule has 0 aromatic heterocycles. The van der Waals surface area contributed by atoms with Crippen LogP contribution in [-0.4, -0.2) is 12.6 Å². The van der Waals surface area contributed by atoms with Gasteiger partial charge in [-0.3, -0.25) is 4.79 Å². The summed E-state index contributed by atoms with van der Waals surface area (Å²) in [5.74, 6) is -0.0290. The Balaban J connectivity index is 4.27. The van der Waals surface area contributed by atoms with Crippen LogP contribution in [0.1, 0.15) is 53.4 Å². The zero-order valence-corrected chi connectivity index (χ0v) is 9.35. The van der Waals surface area contributed by atoms with E-state index in [9.17, 15) is 4.79 Å². The van der Waals surface area contributed by atoms with Gasteiger partial charge in [-0.05, 0) is 26.7 Å². The summed E-state index contributed by atoms with van der Waals surface area (Å²) in [6, 6.07) is 0. The summed E-state index contributed by atoms with van der Waals surface area (Å²) in [7, 11) is 0. The van der Waals surface area contributed by atoms with Gasteiger partial charge in [0.1, 0.15) is 0 Å². The van der Waals surface area contributed by atoms with Crippen molar-refractivity contribution in [1.82, 2.24) is 0 Å². The summed E-state index contributed by atoms with van der Waals surface area (Å²) in [5, 5.41) is 0. The van der Waals surface area contributed by atoms with Crippen LogP contribution in [0.3, 0.4) is 0 Å². The van der Waals surface area contributed by atoms with Gasteiger partial charge in [-0.15, -0.1) is 0 Å². The second kappa shape index (κ2) is 6.01. The van der Waals surface area contributed by atoms with Gasteiger partial charge < -0.3 is 4.74 Å². The Kier molecular flexibility index (Phi) is 5.76. The maximum Gasteiger partial charge on any atom is 0.311 e. The molecule has 0 fully saturated rings. The minimum atomic E-state index is -0.250. The quantitative estimate of drug-likeness (QED) is 0.596. The maximum absolute atomic E-state index is 11.6. The molecule has 0 aromatic carbocycles. The van der Waals surface area contributed by atoms with Crippen LogP contribution in [0.15, 0.2) is 0 Å². The zero-order valence-electron chi connectivity index (χ0n) is 9.35. The Morgan fingerprint density at radius 2 is 1.62 bits per heavy atom. The lowest BCUT2D eigenvalue weighted by molar-refractivity contribution is -0.155. The van der Waals surface area contributed by atoms with Crippen LogP contribution in [0, 0.1) is 5.41 Å². The fraction of sp³-hybridized carbons (Fsp3) is 0.909. The lowest BCUT2D eigenvalue weighted by Crippen LogP contribution is -2.29. The predicted molar refractivity (Wildman–Crippen MR) is 54.6 cm³/mol. The van der Waals surface area contributed by atoms with Gasteiger partial charge in [0.2, 0.25) is 0 Å². The molecule has 78 valence electrons. The predicted octanol–water partition coefficient (Wildman–Crippen LogP) is 3.16. The van der Waals surface area contributed by atoms with E-state index in [1.54, 1.807) is 0 Å².